The van der Waals surface area contributed by atoms with Crippen molar-refractivity contribution in [3.8, 4) is 0 Å². The fourth-order valence-electron chi connectivity index (χ4n) is 2.49. The SMILES string of the molecule is CC(C)CC(C)(C)C(=O)NC(C)(C)c1ccccc1. The molecule has 0 aliphatic carbocycles. The first-order valence-corrected chi connectivity index (χ1v) is 7.03. The van der Waals surface area contributed by atoms with E-state index in [1.807, 2.05) is 45.9 Å². The number of nitrogens with one attached hydrogen (secondary N) is 1. The van der Waals surface area contributed by atoms with E-state index < -0.39 is 0 Å². The lowest BCUT2D eigenvalue weighted by Crippen LogP contribution is -2.47. The summed E-state index contributed by atoms with van der Waals surface area (Å²) in [6, 6.07) is 10.1. The molecule has 0 saturated carbocycles. The first-order valence-electron chi connectivity index (χ1n) is 7.03. The third-order valence-corrected chi connectivity index (χ3v) is 3.45. The molecule has 1 aromatic carbocycles. The van der Waals surface area contributed by atoms with Crippen LogP contribution in [-0.2, 0) is 10.3 Å². The van der Waals surface area contributed by atoms with Gasteiger partial charge in [0.05, 0.1) is 5.54 Å². The van der Waals surface area contributed by atoms with Crippen molar-refractivity contribution in [1.29, 1.82) is 0 Å². The van der Waals surface area contributed by atoms with E-state index >= 15 is 0 Å². The van der Waals surface area contributed by atoms with E-state index in [1.54, 1.807) is 0 Å². The van der Waals surface area contributed by atoms with Gasteiger partial charge < -0.3 is 5.32 Å². The Morgan fingerprint density at radius 2 is 1.63 bits per heavy atom. The van der Waals surface area contributed by atoms with E-state index in [0.717, 1.165) is 12.0 Å². The van der Waals surface area contributed by atoms with E-state index in [0.29, 0.717) is 5.92 Å². The summed E-state index contributed by atoms with van der Waals surface area (Å²) >= 11 is 0. The zero-order valence-electron chi connectivity index (χ0n) is 13.1. The van der Waals surface area contributed by atoms with Gasteiger partial charge in [-0.25, -0.2) is 0 Å². The third kappa shape index (κ3) is 4.38. The van der Waals surface area contributed by atoms with E-state index in [4.69, 9.17) is 0 Å². The van der Waals surface area contributed by atoms with Crippen LogP contribution in [0.25, 0.3) is 0 Å². The molecule has 0 fully saturated rings. The Bertz CT molecular complexity index is 418. The highest BCUT2D eigenvalue weighted by Crippen LogP contribution is 2.28. The average molecular weight is 261 g/mol. The lowest BCUT2D eigenvalue weighted by atomic mass is 9.82. The zero-order valence-corrected chi connectivity index (χ0v) is 13.1. The van der Waals surface area contributed by atoms with Gasteiger partial charge in [-0.05, 0) is 31.7 Å². The van der Waals surface area contributed by atoms with Gasteiger partial charge >= 0.3 is 0 Å². The predicted octanol–water partition coefficient (Wildman–Crippen LogP) is 4.11. The highest BCUT2D eigenvalue weighted by atomic mass is 16.2. The van der Waals surface area contributed by atoms with E-state index in [9.17, 15) is 4.79 Å². The Morgan fingerprint density at radius 1 is 1.11 bits per heavy atom. The number of hydrogen-bond donors (Lipinski definition) is 1. The van der Waals surface area contributed by atoms with Gasteiger partial charge in [0, 0.05) is 5.41 Å². The topological polar surface area (TPSA) is 29.1 Å². The van der Waals surface area contributed by atoms with Crippen LogP contribution in [0.3, 0.4) is 0 Å². The maximum absolute atomic E-state index is 12.5. The minimum absolute atomic E-state index is 0.120. The molecule has 0 spiro atoms. The summed E-state index contributed by atoms with van der Waals surface area (Å²) < 4.78 is 0. The number of carbonyl (C=O) groups excluding carboxylic acids is 1. The summed E-state index contributed by atoms with van der Waals surface area (Å²) in [5.41, 5.74) is 0.455. The molecule has 106 valence electrons. The van der Waals surface area contributed by atoms with E-state index in [2.05, 4.69) is 31.3 Å². The van der Waals surface area contributed by atoms with Crippen molar-refractivity contribution < 1.29 is 4.79 Å². The monoisotopic (exact) mass is 261 g/mol. The Labute approximate surface area is 117 Å². The maximum atomic E-state index is 12.5. The molecule has 2 nitrogen and oxygen atoms in total. The van der Waals surface area contributed by atoms with Crippen molar-refractivity contribution in [3.05, 3.63) is 35.9 Å². The third-order valence-electron chi connectivity index (χ3n) is 3.45. The fourth-order valence-corrected chi connectivity index (χ4v) is 2.49. The number of rotatable bonds is 5. The van der Waals surface area contributed by atoms with Crippen molar-refractivity contribution in [1.82, 2.24) is 5.32 Å². The summed E-state index contributed by atoms with van der Waals surface area (Å²) in [6.45, 7) is 12.4. The number of hydrogen-bond acceptors (Lipinski definition) is 1. The molecule has 0 aliphatic heterocycles. The van der Waals surface area contributed by atoms with Gasteiger partial charge in [0.15, 0.2) is 0 Å². The molecule has 1 amide bonds. The fraction of sp³-hybridized carbons (Fsp3) is 0.588. The van der Waals surface area contributed by atoms with Crippen molar-refractivity contribution in [2.24, 2.45) is 11.3 Å². The Morgan fingerprint density at radius 3 is 2.11 bits per heavy atom. The van der Waals surface area contributed by atoms with Gasteiger partial charge in [0.25, 0.3) is 0 Å². The Hall–Kier alpha value is -1.31. The molecule has 0 aromatic heterocycles. The molecule has 0 bridgehead atoms. The molecule has 2 heteroatoms. The van der Waals surface area contributed by atoms with Gasteiger partial charge in [-0.1, -0.05) is 58.0 Å². The molecule has 0 radical (unpaired) electrons. The summed E-state index contributed by atoms with van der Waals surface area (Å²) in [4.78, 5) is 12.5. The van der Waals surface area contributed by atoms with Gasteiger partial charge in [0.1, 0.15) is 0 Å². The van der Waals surface area contributed by atoms with Crippen LogP contribution in [0.2, 0.25) is 0 Å². The van der Waals surface area contributed by atoms with Crippen LogP contribution in [0.1, 0.15) is 53.5 Å². The standard InChI is InChI=1S/C17H27NO/c1-13(2)12-16(3,4)15(19)18-17(5,6)14-10-8-7-9-11-14/h7-11,13H,12H2,1-6H3,(H,18,19). The molecular formula is C17H27NO. The zero-order chi connectivity index (χ0) is 14.7. The van der Waals surface area contributed by atoms with Gasteiger partial charge in [-0.2, -0.15) is 0 Å². The Balaban J connectivity index is 2.81. The van der Waals surface area contributed by atoms with Crippen molar-refractivity contribution in [2.75, 3.05) is 0 Å². The Kier molecular flexibility index (Phi) is 4.78. The van der Waals surface area contributed by atoms with Crippen LogP contribution in [-0.4, -0.2) is 5.91 Å². The molecule has 1 N–H and O–H groups in total. The van der Waals surface area contributed by atoms with Crippen LogP contribution in [0, 0.1) is 11.3 Å². The van der Waals surface area contributed by atoms with Crippen molar-refractivity contribution >= 4 is 5.91 Å². The average Bonchev–Trinajstić information content (AvgIpc) is 2.28. The second-order valence-electron chi connectivity index (χ2n) is 6.93. The van der Waals surface area contributed by atoms with Gasteiger partial charge in [-0.15, -0.1) is 0 Å². The molecule has 1 aromatic rings. The molecule has 0 unspecified atom stereocenters. The number of carbonyl (C=O) groups is 1. The van der Waals surface area contributed by atoms with Crippen LogP contribution in [0.5, 0.6) is 0 Å². The molecule has 0 heterocycles. The van der Waals surface area contributed by atoms with Gasteiger partial charge in [0.2, 0.25) is 5.91 Å². The lowest BCUT2D eigenvalue weighted by Gasteiger charge is -2.33. The lowest BCUT2D eigenvalue weighted by molar-refractivity contribution is -0.132. The highest BCUT2D eigenvalue weighted by molar-refractivity contribution is 5.82. The molecular weight excluding hydrogens is 234 g/mol. The summed E-state index contributed by atoms with van der Waals surface area (Å²) in [5, 5.41) is 3.18. The normalized spacial score (nSPS) is 12.6. The number of benzene rings is 1. The molecule has 19 heavy (non-hydrogen) atoms. The highest BCUT2D eigenvalue weighted by Gasteiger charge is 2.33. The summed E-state index contributed by atoms with van der Waals surface area (Å²) in [5.74, 6) is 0.635. The quantitative estimate of drug-likeness (QED) is 0.849. The largest absolute Gasteiger partial charge is 0.347 e. The van der Waals surface area contributed by atoms with Crippen molar-refractivity contribution in [3.63, 3.8) is 0 Å². The predicted molar refractivity (Wildman–Crippen MR) is 80.8 cm³/mol. The van der Waals surface area contributed by atoms with Crippen LogP contribution < -0.4 is 5.32 Å². The minimum Gasteiger partial charge on any atom is -0.347 e. The smallest absolute Gasteiger partial charge is 0.226 e. The minimum atomic E-state index is -0.341. The molecule has 0 aliphatic rings. The molecule has 1 rings (SSSR count). The van der Waals surface area contributed by atoms with Crippen LogP contribution in [0.4, 0.5) is 0 Å². The molecule has 0 atom stereocenters. The first kappa shape index (κ1) is 15.7. The van der Waals surface area contributed by atoms with Crippen molar-refractivity contribution in [2.45, 2.75) is 53.5 Å². The van der Waals surface area contributed by atoms with E-state index in [-0.39, 0.29) is 16.9 Å². The second kappa shape index (κ2) is 5.77. The maximum Gasteiger partial charge on any atom is 0.226 e. The van der Waals surface area contributed by atoms with Gasteiger partial charge in [-0.3, -0.25) is 4.79 Å². The van der Waals surface area contributed by atoms with Crippen LogP contribution >= 0.6 is 0 Å². The summed E-state index contributed by atoms with van der Waals surface area (Å²) in [7, 11) is 0. The number of amides is 1. The molecule has 0 saturated heterocycles. The van der Waals surface area contributed by atoms with Crippen LogP contribution in [0.15, 0.2) is 30.3 Å². The second-order valence-corrected chi connectivity index (χ2v) is 6.93. The van der Waals surface area contributed by atoms with E-state index in [1.165, 1.54) is 0 Å². The summed E-state index contributed by atoms with van der Waals surface area (Å²) in [6.07, 6.45) is 0.893. The first-order chi connectivity index (χ1) is 8.65.